The highest BCUT2D eigenvalue weighted by Crippen LogP contribution is 2.41. The van der Waals surface area contributed by atoms with Crippen LogP contribution in [0.5, 0.6) is 11.5 Å². The normalized spacial score (nSPS) is 18.7. The first kappa shape index (κ1) is 35.3. The van der Waals surface area contributed by atoms with Crippen LogP contribution in [-0.2, 0) is 17.7 Å². The lowest BCUT2D eigenvalue weighted by Gasteiger charge is -2.44. The maximum atomic E-state index is 16.9. The van der Waals surface area contributed by atoms with Crippen molar-refractivity contribution in [1.82, 2.24) is 4.90 Å². The molecule has 4 aromatic rings. The van der Waals surface area contributed by atoms with Gasteiger partial charge in [0.2, 0.25) is 12.4 Å². The summed E-state index contributed by atoms with van der Waals surface area (Å²) in [6, 6.07) is 16.7. The lowest BCUT2D eigenvalue weighted by molar-refractivity contribution is -0.904. The average Bonchev–Trinajstić information content (AvgIpc) is 3.11. The van der Waals surface area contributed by atoms with Gasteiger partial charge in [0.25, 0.3) is 0 Å². The molecule has 2 atom stereocenters. The van der Waals surface area contributed by atoms with Crippen molar-refractivity contribution < 1.29 is 43.2 Å². The number of carboxylic acids is 1. The van der Waals surface area contributed by atoms with Gasteiger partial charge >= 0.3 is 12.1 Å². The van der Waals surface area contributed by atoms with Crippen LogP contribution in [0.2, 0.25) is 10.0 Å². The van der Waals surface area contributed by atoms with Crippen LogP contribution in [0.25, 0.3) is 0 Å². The Bertz CT molecular complexity index is 1870. The number of aromatic carboxylic acids is 1. The first-order valence-corrected chi connectivity index (χ1v) is 16.9. The van der Waals surface area contributed by atoms with Crippen LogP contribution in [0.15, 0.2) is 73.1 Å². The Morgan fingerprint density at radius 1 is 1.00 bits per heavy atom. The summed E-state index contributed by atoms with van der Waals surface area (Å²) in [5.41, 5.74) is 1.24. The van der Waals surface area contributed by atoms with E-state index in [4.69, 9.17) is 37.4 Å². The smallest absolute Gasteiger partial charge is 0.414 e. The standard InChI is InChI=1S/C37H36Cl2FN3O7/c1-48-31-11-9-23(16-32(31)49-2)27(17-28-29(38)19-42(47)20-30(28)39)34-24(8-10-26(35(34)40)36(44)45)18-43(25-6-4-3-5-7-25)37(46)50-33-21-41-14-12-22(33)13-15-41/h3-11,16,19-20,22,27,33H,12-15,17-18,21H2,1-2H3,(H-,44,45,47)/p+1/t27-,33-/m0/s1. The van der Waals surface area contributed by atoms with Gasteiger partial charge in [-0.05, 0) is 79.7 Å². The second-order valence-corrected chi connectivity index (χ2v) is 13.3. The molecule has 0 saturated carbocycles. The molecule has 3 fully saturated rings. The molecule has 10 nitrogen and oxygen atoms in total. The van der Waals surface area contributed by atoms with Crippen molar-refractivity contribution in [3.8, 4) is 11.5 Å². The number of pyridine rings is 1. The Morgan fingerprint density at radius 3 is 2.28 bits per heavy atom. The number of nitrogens with zero attached hydrogens (tertiary/aromatic N) is 3. The maximum absolute atomic E-state index is 16.9. The molecular formula is C37H37Cl2FN3O7+. The largest absolute Gasteiger partial charge is 0.493 e. The summed E-state index contributed by atoms with van der Waals surface area (Å²) >= 11 is 13.2. The Morgan fingerprint density at radius 2 is 1.68 bits per heavy atom. The van der Waals surface area contributed by atoms with Gasteiger partial charge < -0.3 is 19.3 Å². The van der Waals surface area contributed by atoms with E-state index in [1.807, 2.05) is 6.07 Å². The summed E-state index contributed by atoms with van der Waals surface area (Å²) < 4.78 is 34.7. The molecule has 0 radical (unpaired) electrons. The Hall–Kier alpha value is -4.58. The van der Waals surface area contributed by atoms with Gasteiger partial charge in [-0.15, -0.1) is 0 Å². The number of aromatic nitrogens is 1. The maximum Gasteiger partial charge on any atom is 0.414 e. The zero-order valence-electron chi connectivity index (χ0n) is 27.5. The molecule has 3 aliphatic heterocycles. The molecule has 2 N–H and O–H groups in total. The predicted molar refractivity (Wildman–Crippen MR) is 184 cm³/mol. The minimum atomic E-state index is -1.46. The van der Waals surface area contributed by atoms with E-state index >= 15 is 4.39 Å². The molecule has 0 spiro atoms. The highest BCUT2D eigenvalue weighted by molar-refractivity contribution is 6.35. The third kappa shape index (κ3) is 7.31. The molecule has 1 amide bonds. The van der Waals surface area contributed by atoms with Gasteiger partial charge in [0, 0.05) is 34.0 Å². The number of hydrogen-bond acceptors (Lipinski definition) is 7. The molecule has 262 valence electrons. The molecule has 3 aliphatic rings. The fourth-order valence-corrected chi connectivity index (χ4v) is 7.59. The van der Waals surface area contributed by atoms with E-state index < -0.39 is 29.4 Å². The SMILES string of the molecule is COc1ccc([C@H](Cc2c(Cl)c[n+](O)cc2Cl)c2c(CN(C(=O)O[C@H]3CN4CCC3CC4)c3ccccc3)ccc(C(=O)O)c2F)cc1OC. The molecular weight excluding hydrogens is 688 g/mol. The number of hydrogen-bond donors (Lipinski definition) is 2. The van der Waals surface area contributed by atoms with Crippen molar-refractivity contribution in [2.45, 2.75) is 37.8 Å². The molecule has 0 aliphatic carbocycles. The number of halogens is 3. The van der Waals surface area contributed by atoms with Crippen molar-refractivity contribution in [3.63, 3.8) is 0 Å². The topological polar surface area (TPSA) is 113 Å². The summed E-state index contributed by atoms with van der Waals surface area (Å²) in [4.78, 5) is 30.1. The van der Waals surface area contributed by atoms with E-state index in [9.17, 15) is 19.9 Å². The van der Waals surface area contributed by atoms with Gasteiger partial charge in [0.1, 0.15) is 22.0 Å². The number of anilines is 1. The Kier molecular flexibility index (Phi) is 10.7. The van der Waals surface area contributed by atoms with E-state index in [0.717, 1.165) is 30.7 Å². The van der Waals surface area contributed by atoms with Crippen LogP contribution in [0.4, 0.5) is 14.9 Å². The number of carbonyl (C=O) groups is 2. The van der Waals surface area contributed by atoms with Gasteiger partial charge in [0.15, 0.2) is 11.5 Å². The van der Waals surface area contributed by atoms with Crippen LogP contribution in [0.1, 0.15) is 51.4 Å². The third-order valence-corrected chi connectivity index (χ3v) is 10.3. The van der Waals surface area contributed by atoms with Crippen molar-refractivity contribution >= 4 is 41.0 Å². The number of para-hydroxylation sites is 1. The zero-order chi connectivity index (χ0) is 35.5. The van der Waals surface area contributed by atoms with Crippen molar-refractivity contribution in [2.24, 2.45) is 5.92 Å². The van der Waals surface area contributed by atoms with Crippen molar-refractivity contribution in [3.05, 3.63) is 117 Å². The lowest BCUT2D eigenvalue weighted by atomic mass is 9.82. The molecule has 0 unspecified atom stereocenters. The molecule has 2 bridgehead atoms. The van der Waals surface area contributed by atoms with Crippen molar-refractivity contribution in [1.29, 1.82) is 0 Å². The van der Waals surface area contributed by atoms with Crippen LogP contribution in [0, 0.1) is 11.7 Å². The van der Waals surface area contributed by atoms with Crippen LogP contribution < -0.4 is 19.1 Å². The molecule has 4 heterocycles. The fraction of sp³-hybridized carbons (Fsp3) is 0.324. The van der Waals surface area contributed by atoms with Crippen LogP contribution in [-0.4, -0.2) is 67.2 Å². The summed E-state index contributed by atoms with van der Waals surface area (Å²) in [6.07, 6.45) is 3.51. The Labute approximate surface area is 299 Å². The number of amides is 1. The van der Waals surface area contributed by atoms with Crippen molar-refractivity contribution in [2.75, 3.05) is 38.8 Å². The quantitative estimate of drug-likeness (QED) is 0.126. The minimum absolute atomic E-state index is 0.0153. The number of carboxylic acid groups (broad SMARTS) is 1. The zero-order valence-corrected chi connectivity index (χ0v) is 29.0. The minimum Gasteiger partial charge on any atom is -0.493 e. The van der Waals surface area contributed by atoms with E-state index in [2.05, 4.69) is 4.90 Å². The van der Waals surface area contributed by atoms with E-state index in [-0.39, 0.29) is 40.6 Å². The van der Waals surface area contributed by atoms with E-state index in [1.54, 1.807) is 42.5 Å². The monoisotopic (exact) mass is 724 g/mol. The number of piperidine rings is 3. The first-order valence-electron chi connectivity index (χ1n) is 16.2. The number of carbonyl (C=O) groups excluding carboxylic acids is 1. The molecule has 7 rings (SSSR count). The summed E-state index contributed by atoms with van der Waals surface area (Å²) in [7, 11) is 2.96. The van der Waals surface area contributed by atoms with E-state index in [0.29, 0.717) is 40.4 Å². The van der Waals surface area contributed by atoms with Gasteiger partial charge in [0.05, 0.1) is 26.3 Å². The summed E-state index contributed by atoms with van der Waals surface area (Å²) in [5, 5.41) is 20.3. The second kappa shape index (κ2) is 15.1. The van der Waals surface area contributed by atoms with Gasteiger partial charge in [-0.25, -0.2) is 14.0 Å². The van der Waals surface area contributed by atoms with Gasteiger partial charge in [-0.1, -0.05) is 53.5 Å². The lowest BCUT2D eigenvalue weighted by Crippen LogP contribution is -2.53. The second-order valence-electron chi connectivity index (χ2n) is 12.5. The molecule has 13 heteroatoms. The first-order chi connectivity index (χ1) is 24.1. The Balaban J connectivity index is 1.49. The molecule has 3 saturated heterocycles. The van der Waals surface area contributed by atoms with Gasteiger partial charge in [-0.3, -0.25) is 15.0 Å². The van der Waals surface area contributed by atoms with E-state index in [1.165, 1.54) is 43.6 Å². The fourth-order valence-electron chi connectivity index (χ4n) is 6.98. The summed E-state index contributed by atoms with van der Waals surface area (Å²) in [5.74, 6) is -2.30. The number of benzene rings is 3. The number of rotatable bonds is 11. The predicted octanol–water partition coefficient (Wildman–Crippen LogP) is 6.98. The van der Waals surface area contributed by atoms with Crippen LogP contribution in [0.3, 0.4) is 0 Å². The highest BCUT2D eigenvalue weighted by atomic mass is 35.5. The highest BCUT2D eigenvalue weighted by Gasteiger charge is 2.38. The third-order valence-electron chi connectivity index (χ3n) is 9.60. The number of methoxy groups -OCH3 is 2. The molecule has 50 heavy (non-hydrogen) atoms. The average molecular weight is 726 g/mol. The molecule has 3 aromatic carbocycles. The van der Waals surface area contributed by atoms with Gasteiger partial charge in [-0.2, -0.15) is 0 Å². The number of ether oxygens (including phenoxy) is 3. The molecule has 1 aromatic heterocycles. The number of fused-ring (bicyclic) bond motifs is 3. The summed E-state index contributed by atoms with van der Waals surface area (Å²) in [6.45, 7) is 2.46. The van der Waals surface area contributed by atoms with Crippen LogP contribution >= 0.6 is 23.2 Å².